The molecular formula is C40H32N3Sr+. The van der Waals surface area contributed by atoms with Gasteiger partial charge in [0.05, 0.1) is 23.0 Å². The van der Waals surface area contributed by atoms with Crippen LogP contribution in [0.25, 0.3) is 44.8 Å². The van der Waals surface area contributed by atoms with Gasteiger partial charge in [-0.25, -0.2) is 0 Å². The van der Waals surface area contributed by atoms with Gasteiger partial charge in [-0.1, -0.05) is 73.2 Å². The van der Waals surface area contributed by atoms with Crippen LogP contribution in [0, 0.1) is 36.3 Å². The number of aromatic amines is 1. The van der Waals surface area contributed by atoms with E-state index in [9.17, 15) is 0 Å². The Balaban J connectivity index is 0.000000185. The number of nitrogens with zero attached hydrogens (tertiary/aromatic N) is 2. The fourth-order valence-electron chi connectivity index (χ4n) is 5.68. The van der Waals surface area contributed by atoms with Crippen molar-refractivity contribution in [2.75, 3.05) is 0 Å². The summed E-state index contributed by atoms with van der Waals surface area (Å²) in [7, 11) is 0. The summed E-state index contributed by atoms with van der Waals surface area (Å²) >= 11 is 0. The van der Waals surface area contributed by atoms with E-state index in [0.29, 0.717) is 5.56 Å². The van der Waals surface area contributed by atoms with E-state index < -0.39 is 0 Å². The zero-order valence-electron chi connectivity index (χ0n) is 25.3. The molecule has 0 spiro atoms. The Morgan fingerprint density at radius 3 is 2.16 bits per heavy atom. The third kappa shape index (κ3) is 6.53. The molecule has 0 atom stereocenters. The molecule has 1 aliphatic rings. The van der Waals surface area contributed by atoms with Crippen molar-refractivity contribution in [3.63, 3.8) is 0 Å². The van der Waals surface area contributed by atoms with Gasteiger partial charge in [0, 0.05) is 12.1 Å². The Hall–Kier alpha value is -4.11. The SMILES string of the molecule is Cc1cccc2[n+]1[C-](C)[C-](C)c1ccccc1-2.N#Cc1cccc(-c2cccc(-c3cc[c-]c(-c4cccc[nH+]4)c3)c2)c1.[Sr+2]. The standard InChI is InChI=1S/C24H15N2.C16H16N.Sr/c25-17-18-6-3-7-19(14-18)20-8-4-9-21(15-20)22-10-5-11-23(16-22)24-12-1-2-13-26-24;1-11-7-6-10-16-15-9-5-4-8-14(15)12(2)13(3)17(11)16;/h1-10,12-16H;4-10H,1-3H3;/q2*-1;+2/p+1. The van der Waals surface area contributed by atoms with Gasteiger partial charge in [0.1, 0.15) is 5.69 Å². The monoisotopic (exact) mass is 642 g/mol. The van der Waals surface area contributed by atoms with Crippen LogP contribution >= 0.6 is 0 Å². The van der Waals surface area contributed by atoms with E-state index in [4.69, 9.17) is 5.26 Å². The van der Waals surface area contributed by atoms with Crippen LogP contribution in [0.5, 0.6) is 0 Å². The summed E-state index contributed by atoms with van der Waals surface area (Å²) in [5.41, 5.74) is 12.4. The minimum Gasteiger partial charge on any atom is -0.343 e. The van der Waals surface area contributed by atoms with Crippen molar-refractivity contribution in [1.82, 2.24) is 0 Å². The Bertz CT molecular complexity index is 1940. The van der Waals surface area contributed by atoms with Crippen molar-refractivity contribution >= 4 is 45.5 Å². The van der Waals surface area contributed by atoms with E-state index >= 15 is 0 Å². The predicted molar refractivity (Wildman–Crippen MR) is 178 cm³/mol. The fraction of sp³-hybridized carbons (Fsp3) is 0.0750. The first kappa shape index (κ1) is 31.3. The average Bonchev–Trinajstić information content (AvgIpc) is 3.08. The van der Waals surface area contributed by atoms with Crippen LogP contribution in [0.15, 0.2) is 134 Å². The van der Waals surface area contributed by atoms with Crippen LogP contribution in [0.2, 0.25) is 0 Å². The number of H-pyrrole nitrogens is 1. The smallest absolute Gasteiger partial charge is 0.343 e. The minimum absolute atomic E-state index is 0. The average molecular weight is 642 g/mol. The molecule has 208 valence electrons. The maximum absolute atomic E-state index is 9.12. The summed E-state index contributed by atoms with van der Waals surface area (Å²) in [5, 5.41) is 9.12. The molecule has 0 radical (unpaired) electrons. The van der Waals surface area contributed by atoms with Crippen LogP contribution < -0.4 is 9.55 Å². The number of aryl methyl sites for hydroxylation is 1. The second kappa shape index (κ2) is 14.1. The number of rotatable bonds is 3. The third-order valence-electron chi connectivity index (χ3n) is 7.99. The minimum atomic E-state index is 0. The molecule has 1 N–H and O–H groups in total. The molecule has 0 amide bonds. The second-order valence-corrected chi connectivity index (χ2v) is 10.7. The van der Waals surface area contributed by atoms with Gasteiger partial charge in [0.25, 0.3) is 0 Å². The van der Waals surface area contributed by atoms with Crippen molar-refractivity contribution in [2.45, 2.75) is 20.8 Å². The molecule has 1 aliphatic heterocycles. The molecule has 0 fully saturated rings. The van der Waals surface area contributed by atoms with Crippen molar-refractivity contribution in [2.24, 2.45) is 0 Å². The van der Waals surface area contributed by atoms with Gasteiger partial charge < -0.3 is 4.57 Å². The molecule has 0 aliphatic carbocycles. The first-order chi connectivity index (χ1) is 21.0. The molecule has 3 heterocycles. The molecule has 3 nitrogen and oxygen atoms in total. The van der Waals surface area contributed by atoms with Gasteiger partial charge in [-0.2, -0.15) is 16.9 Å². The van der Waals surface area contributed by atoms with Gasteiger partial charge in [0.15, 0.2) is 6.20 Å². The topological polar surface area (TPSA) is 41.8 Å². The van der Waals surface area contributed by atoms with Crippen LogP contribution in [-0.2, 0) is 0 Å². The van der Waals surface area contributed by atoms with Crippen molar-refractivity contribution in [3.8, 4) is 50.8 Å². The van der Waals surface area contributed by atoms with Crippen molar-refractivity contribution < 1.29 is 9.55 Å². The second-order valence-electron chi connectivity index (χ2n) is 10.7. The molecule has 0 saturated heterocycles. The molecule has 2 aromatic heterocycles. The molecule has 0 saturated carbocycles. The Morgan fingerprint density at radius 2 is 1.41 bits per heavy atom. The number of hydrogen-bond acceptors (Lipinski definition) is 1. The number of pyridine rings is 2. The Kier molecular flexibility index (Phi) is 10.0. The zero-order valence-corrected chi connectivity index (χ0v) is 28.8. The van der Waals surface area contributed by atoms with E-state index in [1.807, 2.05) is 54.7 Å². The van der Waals surface area contributed by atoms with Crippen molar-refractivity contribution in [3.05, 3.63) is 168 Å². The van der Waals surface area contributed by atoms with Crippen LogP contribution in [-0.4, -0.2) is 45.5 Å². The van der Waals surface area contributed by atoms with Gasteiger partial charge in [-0.15, -0.1) is 53.4 Å². The Morgan fingerprint density at radius 1 is 0.727 bits per heavy atom. The molecule has 4 heteroatoms. The van der Waals surface area contributed by atoms with Gasteiger partial charge in [-0.3, -0.25) is 4.98 Å². The summed E-state index contributed by atoms with van der Waals surface area (Å²) in [6, 6.07) is 50.2. The van der Waals surface area contributed by atoms with Crippen LogP contribution in [0.3, 0.4) is 0 Å². The number of aromatic nitrogens is 2. The first-order valence-electron chi connectivity index (χ1n) is 14.4. The Labute approximate surface area is 297 Å². The molecule has 0 bridgehead atoms. The molecule has 44 heavy (non-hydrogen) atoms. The zero-order chi connectivity index (χ0) is 29.8. The molecule has 6 aromatic rings. The van der Waals surface area contributed by atoms with Gasteiger partial charge in [-0.05, 0) is 54.8 Å². The number of fused-ring (bicyclic) bond motifs is 3. The van der Waals surface area contributed by atoms with E-state index in [0.717, 1.165) is 33.5 Å². The number of benzene rings is 4. The summed E-state index contributed by atoms with van der Waals surface area (Å²) < 4.78 is 2.34. The number of nitriles is 1. The van der Waals surface area contributed by atoms with Gasteiger partial charge in [0.2, 0.25) is 0 Å². The molecule has 0 unspecified atom stereocenters. The van der Waals surface area contributed by atoms with E-state index in [2.05, 4.69) is 121 Å². The molecular weight excluding hydrogens is 610 g/mol. The normalized spacial score (nSPS) is 11.2. The molecule has 7 rings (SSSR count). The van der Waals surface area contributed by atoms with E-state index in [1.165, 1.54) is 34.5 Å². The van der Waals surface area contributed by atoms with Crippen LogP contribution in [0.4, 0.5) is 0 Å². The van der Waals surface area contributed by atoms with Crippen molar-refractivity contribution in [1.29, 1.82) is 5.26 Å². The summed E-state index contributed by atoms with van der Waals surface area (Å²) in [6.07, 6.45) is 1.92. The van der Waals surface area contributed by atoms with E-state index in [-0.39, 0.29) is 45.5 Å². The van der Waals surface area contributed by atoms with Gasteiger partial charge >= 0.3 is 45.5 Å². The first-order valence-corrected chi connectivity index (χ1v) is 14.4. The summed E-state index contributed by atoms with van der Waals surface area (Å²) in [5.74, 6) is 1.37. The quantitative estimate of drug-likeness (QED) is 0.109. The largest absolute Gasteiger partial charge is 2.00 e. The fourth-order valence-corrected chi connectivity index (χ4v) is 5.68. The number of nitrogens with one attached hydrogen (secondary N) is 1. The number of hydrogen-bond donors (Lipinski definition) is 0. The summed E-state index contributed by atoms with van der Waals surface area (Å²) in [4.78, 5) is 3.25. The predicted octanol–water partition coefficient (Wildman–Crippen LogP) is 8.10. The summed E-state index contributed by atoms with van der Waals surface area (Å²) in [6.45, 7) is 6.56. The third-order valence-corrected chi connectivity index (χ3v) is 7.99. The maximum Gasteiger partial charge on any atom is 2.00 e. The maximum atomic E-state index is 9.12. The van der Waals surface area contributed by atoms with Crippen LogP contribution in [0.1, 0.15) is 30.7 Å². The molecule has 4 aromatic carbocycles. The van der Waals surface area contributed by atoms with E-state index in [1.54, 1.807) is 0 Å².